The molecular formula is C17H17ClN6O. The van der Waals surface area contributed by atoms with Crippen LogP contribution in [0.25, 0.3) is 0 Å². The maximum atomic E-state index is 12.3. The summed E-state index contributed by atoms with van der Waals surface area (Å²) >= 11 is 6.16. The Morgan fingerprint density at radius 3 is 3.04 bits per heavy atom. The molecule has 0 fully saturated rings. The second-order valence-corrected chi connectivity index (χ2v) is 6.40. The number of nitrogens with one attached hydrogen (secondary N) is 1. The van der Waals surface area contributed by atoms with E-state index in [9.17, 15) is 4.79 Å². The van der Waals surface area contributed by atoms with Gasteiger partial charge in [-0.05, 0) is 18.1 Å². The maximum Gasteiger partial charge on any atom is 0.254 e. The standard InChI is InChI=1S/C17H17ClN6O/c18-14-5-2-1-4-12(14)10-23-11-13(8-20-23)17(25)19-9-16-22-21-15-6-3-7-24(15)16/h1-2,4-5,8,11H,3,6-7,9-10H2,(H,19,25). The number of nitrogens with zero attached hydrogens (tertiary/aromatic N) is 5. The van der Waals surface area contributed by atoms with Crippen molar-refractivity contribution in [2.45, 2.75) is 32.5 Å². The van der Waals surface area contributed by atoms with E-state index in [1.807, 2.05) is 24.3 Å². The zero-order valence-corrected chi connectivity index (χ0v) is 14.3. The summed E-state index contributed by atoms with van der Waals surface area (Å²) in [7, 11) is 0. The first kappa shape index (κ1) is 15.8. The molecular weight excluding hydrogens is 340 g/mol. The van der Waals surface area contributed by atoms with Crippen molar-refractivity contribution >= 4 is 17.5 Å². The maximum absolute atomic E-state index is 12.3. The first-order chi connectivity index (χ1) is 12.2. The predicted molar refractivity (Wildman–Crippen MR) is 92.3 cm³/mol. The van der Waals surface area contributed by atoms with Crippen molar-refractivity contribution in [3.8, 4) is 0 Å². The van der Waals surface area contributed by atoms with Gasteiger partial charge in [0.1, 0.15) is 5.82 Å². The number of benzene rings is 1. The number of aromatic nitrogens is 5. The van der Waals surface area contributed by atoms with Crippen molar-refractivity contribution in [2.75, 3.05) is 0 Å². The molecule has 25 heavy (non-hydrogen) atoms. The fourth-order valence-electron chi connectivity index (χ4n) is 2.97. The van der Waals surface area contributed by atoms with E-state index in [0.717, 1.165) is 36.6 Å². The van der Waals surface area contributed by atoms with Gasteiger partial charge < -0.3 is 9.88 Å². The summed E-state index contributed by atoms with van der Waals surface area (Å²) in [6, 6.07) is 7.59. The molecule has 2 aromatic heterocycles. The SMILES string of the molecule is O=C(NCc1nnc2n1CCC2)c1cnn(Cc2ccccc2Cl)c1. The van der Waals surface area contributed by atoms with Gasteiger partial charge in [-0.1, -0.05) is 29.8 Å². The van der Waals surface area contributed by atoms with Gasteiger partial charge in [-0.3, -0.25) is 9.48 Å². The van der Waals surface area contributed by atoms with Crippen LogP contribution < -0.4 is 5.32 Å². The second kappa shape index (κ2) is 6.68. The number of rotatable bonds is 5. The molecule has 0 radical (unpaired) electrons. The van der Waals surface area contributed by atoms with Crippen molar-refractivity contribution in [3.05, 3.63) is 64.5 Å². The van der Waals surface area contributed by atoms with Gasteiger partial charge in [0, 0.05) is 24.2 Å². The first-order valence-electron chi connectivity index (χ1n) is 8.16. The average Bonchev–Trinajstić information content (AvgIpc) is 3.32. The third-order valence-corrected chi connectivity index (χ3v) is 4.65. The molecule has 0 atom stereocenters. The molecule has 1 aromatic carbocycles. The van der Waals surface area contributed by atoms with Gasteiger partial charge in [0.25, 0.3) is 5.91 Å². The minimum atomic E-state index is -0.180. The minimum Gasteiger partial charge on any atom is -0.345 e. The Morgan fingerprint density at radius 2 is 2.16 bits per heavy atom. The van der Waals surface area contributed by atoms with E-state index in [1.54, 1.807) is 17.1 Å². The number of aryl methyl sites for hydroxylation is 1. The predicted octanol–water partition coefficient (Wildman–Crippen LogP) is 2.05. The number of carbonyl (C=O) groups is 1. The molecule has 7 nitrogen and oxygen atoms in total. The lowest BCUT2D eigenvalue weighted by atomic mass is 10.2. The summed E-state index contributed by atoms with van der Waals surface area (Å²) in [6.07, 6.45) is 5.31. The lowest BCUT2D eigenvalue weighted by molar-refractivity contribution is 0.0949. The molecule has 8 heteroatoms. The largest absolute Gasteiger partial charge is 0.345 e. The van der Waals surface area contributed by atoms with Crippen molar-refractivity contribution in [1.29, 1.82) is 0 Å². The van der Waals surface area contributed by atoms with Crippen LogP contribution in [-0.4, -0.2) is 30.5 Å². The van der Waals surface area contributed by atoms with Crippen LogP contribution in [0.4, 0.5) is 0 Å². The van der Waals surface area contributed by atoms with Gasteiger partial charge in [-0.25, -0.2) is 0 Å². The third-order valence-electron chi connectivity index (χ3n) is 4.28. The van der Waals surface area contributed by atoms with Crippen LogP contribution in [0, 0.1) is 0 Å². The zero-order valence-electron chi connectivity index (χ0n) is 13.5. The van der Waals surface area contributed by atoms with Gasteiger partial charge in [0.15, 0.2) is 5.82 Å². The number of hydrogen-bond acceptors (Lipinski definition) is 4. The Balaban J connectivity index is 1.39. The van der Waals surface area contributed by atoms with Crippen LogP contribution in [-0.2, 0) is 26.1 Å². The molecule has 0 saturated carbocycles. The topological polar surface area (TPSA) is 77.6 Å². The Morgan fingerprint density at radius 1 is 1.28 bits per heavy atom. The van der Waals surface area contributed by atoms with Crippen molar-refractivity contribution < 1.29 is 4.79 Å². The molecule has 1 N–H and O–H groups in total. The summed E-state index contributed by atoms with van der Waals surface area (Å²) in [5, 5.41) is 16.1. The van der Waals surface area contributed by atoms with Crippen LogP contribution in [0.1, 0.15) is 34.0 Å². The Bertz CT molecular complexity index is 916. The molecule has 0 unspecified atom stereocenters. The van der Waals surface area contributed by atoms with Crippen LogP contribution in [0.15, 0.2) is 36.7 Å². The van der Waals surface area contributed by atoms with E-state index in [4.69, 9.17) is 11.6 Å². The molecule has 0 spiro atoms. The molecule has 1 aliphatic heterocycles. The lowest BCUT2D eigenvalue weighted by Crippen LogP contribution is -2.24. The first-order valence-corrected chi connectivity index (χ1v) is 8.53. The summed E-state index contributed by atoms with van der Waals surface area (Å²) in [6.45, 7) is 1.80. The van der Waals surface area contributed by atoms with Gasteiger partial charge in [0.2, 0.25) is 0 Å². The second-order valence-electron chi connectivity index (χ2n) is 5.99. The lowest BCUT2D eigenvalue weighted by Gasteiger charge is -2.05. The summed E-state index contributed by atoms with van der Waals surface area (Å²) in [5.74, 6) is 1.61. The summed E-state index contributed by atoms with van der Waals surface area (Å²) in [5.41, 5.74) is 1.46. The third kappa shape index (κ3) is 3.28. The monoisotopic (exact) mass is 356 g/mol. The number of fused-ring (bicyclic) bond motifs is 1. The van der Waals surface area contributed by atoms with Crippen LogP contribution in [0.5, 0.6) is 0 Å². The molecule has 3 aromatic rings. The molecule has 4 rings (SSSR count). The Labute approximate surface area is 149 Å². The molecule has 0 aliphatic carbocycles. The molecule has 0 saturated heterocycles. The number of halogens is 1. The summed E-state index contributed by atoms with van der Waals surface area (Å²) < 4.78 is 3.77. The highest BCUT2D eigenvalue weighted by Gasteiger charge is 2.18. The van der Waals surface area contributed by atoms with E-state index in [1.165, 1.54) is 0 Å². The minimum absolute atomic E-state index is 0.180. The van der Waals surface area contributed by atoms with Gasteiger partial charge in [-0.15, -0.1) is 10.2 Å². The summed E-state index contributed by atoms with van der Waals surface area (Å²) in [4.78, 5) is 12.3. The number of hydrogen-bond donors (Lipinski definition) is 1. The zero-order chi connectivity index (χ0) is 17.2. The molecule has 1 amide bonds. The fraction of sp³-hybridized carbons (Fsp3) is 0.294. The Hall–Kier alpha value is -2.67. The molecule has 1 aliphatic rings. The quantitative estimate of drug-likeness (QED) is 0.759. The van der Waals surface area contributed by atoms with E-state index >= 15 is 0 Å². The van der Waals surface area contributed by atoms with Crippen LogP contribution in [0.2, 0.25) is 5.02 Å². The highest BCUT2D eigenvalue weighted by atomic mass is 35.5. The van der Waals surface area contributed by atoms with E-state index < -0.39 is 0 Å². The Kier molecular flexibility index (Phi) is 4.23. The molecule has 3 heterocycles. The van der Waals surface area contributed by atoms with E-state index in [0.29, 0.717) is 23.7 Å². The van der Waals surface area contributed by atoms with Crippen molar-refractivity contribution in [1.82, 2.24) is 29.9 Å². The van der Waals surface area contributed by atoms with Crippen molar-refractivity contribution in [2.24, 2.45) is 0 Å². The van der Waals surface area contributed by atoms with E-state index in [2.05, 4.69) is 25.2 Å². The fourth-order valence-corrected chi connectivity index (χ4v) is 3.17. The van der Waals surface area contributed by atoms with Crippen LogP contribution in [0.3, 0.4) is 0 Å². The number of carbonyl (C=O) groups excluding carboxylic acids is 1. The number of amides is 1. The van der Waals surface area contributed by atoms with Crippen LogP contribution >= 0.6 is 11.6 Å². The van der Waals surface area contributed by atoms with Crippen molar-refractivity contribution in [3.63, 3.8) is 0 Å². The van der Waals surface area contributed by atoms with Gasteiger partial charge in [-0.2, -0.15) is 5.10 Å². The smallest absolute Gasteiger partial charge is 0.254 e. The van der Waals surface area contributed by atoms with Gasteiger partial charge in [0.05, 0.1) is 24.8 Å². The highest BCUT2D eigenvalue weighted by molar-refractivity contribution is 6.31. The van der Waals surface area contributed by atoms with E-state index in [-0.39, 0.29) is 5.91 Å². The average molecular weight is 357 g/mol. The highest BCUT2D eigenvalue weighted by Crippen LogP contribution is 2.16. The normalized spacial score (nSPS) is 13.0. The molecule has 0 bridgehead atoms. The molecule has 128 valence electrons. The van der Waals surface area contributed by atoms with Gasteiger partial charge >= 0.3 is 0 Å².